The van der Waals surface area contributed by atoms with Gasteiger partial charge in [-0.15, -0.1) is 0 Å². The lowest BCUT2D eigenvalue weighted by Crippen LogP contribution is -2.34. The molecule has 2 aromatic rings. The maximum Gasteiger partial charge on any atom is 0.276 e. The SMILES string of the molecule is CCCNC1CCCC1CCn1ccn2nccc2c1=O. The van der Waals surface area contributed by atoms with Crippen LogP contribution in [0.1, 0.15) is 39.0 Å². The number of aryl methyl sites for hydroxylation is 1. The molecule has 0 aliphatic heterocycles. The van der Waals surface area contributed by atoms with Crippen LogP contribution in [0.5, 0.6) is 0 Å². The summed E-state index contributed by atoms with van der Waals surface area (Å²) >= 11 is 0. The topological polar surface area (TPSA) is 51.3 Å². The Morgan fingerprint density at radius 1 is 1.38 bits per heavy atom. The van der Waals surface area contributed by atoms with E-state index < -0.39 is 0 Å². The average Bonchev–Trinajstić information content (AvgIpc) is 3.13. The first-order valence-corrected chi connectivity index (χ1v) is 8.05. The molecule has 1 aliphatic rings. The van der Waals surface area contributed by atoms with Crippen LogP contribution in [0.15, 0.2) is 29.5 Å². The maximum atomic E-state index is 12.3. The lowest BCUT2D eigenvalue weighted by molar-refractivity contribution is 0.359. The minimum atomic E-state index is 0.0612. The summed E-state index contributed by atoms with van der Waals surface area (Å²) < 4.78 is 3.46. The third-order valence-electron chi connectivity index (χ3n) is 4.59. The van der Waals surface area contributed by atoms with Gasteiger partial charge in [-0.2, -0.15) is 5.10 Å². The third kappa shape index (κ3) is 3.02. The monoisotopic (exact) mass is 288 g/mol. The van der Waals surface area contributed by atoms with Crippen LogP contribution in [0.3, 0.4) is 0 Å². The van der Waals surface area contributed by atoms with E-state index in [1.807, 2.05) is 17.0 Å². The first kappa shape index (κ1) is 14.3. The molecule has 0 aromatic carbocycles. The van der Waals surface area contributed by atoms with Crippen molar-refractivity contribution in [1.29, 1.82) is 0 Å². The smallest absolute Gasteiger partial charge is 0.276 e. The van der Waals surface area contributed by atoms with Gasteiger partial charge in [0.2, 0.25) is 0 Å². The van der Waals surface area contributed by atoms with Gasteiger partial charge in [0.15, 0.2) is 0 Å². The highest BCUT2D eigenvalue weighted by Crippen LogP contribution is 2.28. The molecule has 1 aliphatic carbocycles. The van der Waals surface area contributed by atoms with E-state index in [2.05, 4.69) is 17.3 Å². The van der Waals surface area contributed by atoms with Crippen LogP contribution in [0.2, 0.25) is 0 Å². The molecule has 21 heavy (non-hydrogen) atoms. The van der Waals surface area contributed by atoms with E-state index in [0.29, 0.717) is 17.5 Å². The summed E-state index contributed by atoms with van der Waals surface area (Å²) in [7, 11) is 0. The molecule has 2 heterocycles. The molecule has 0 amide bonds. The second-order valence-corrected chi connectivity index (χ2v) is 6.00. The van der Waals surface area contributed by atoms with E-state index in [1.54, 1.807) is 16.8 Å². The van der Waals surface area contributed by atoms with Crippen LogP contribution >= 0.6 is 0 Å². The number of fused-ring (bicyclic) bond motifs is 1. The summed E-state index contributed by atoms with van der Waals surface area (Å²) in [6.07, 6.45) is 11.5. The molecule has 2 aromatic heterocycles. The molecule has 1 fully saturated rings. The van der Waals surface area contributed by atoms with E-state index in [4.69, 9.17) is 0 Å². The normalized spacial score (nSPS) is 22.1. The molecule has 3 rings (SSSR count). The second kappa shape index (κ2) is 6.43. The molecule has 114 valence electrons. The van der Waals surface area contributed by atoms with E-state index in [9.17, 15) is 4.79 Å². The van der Waals surface area contributed by atoms with Gasteiger partial charge in [0.1, 0.15) is 5.52 Å². The van der Waals surface area contributed by atoms with Gasteiger partial charge in [-0.25, -0.2) is 4.52 Å². The summed E-state index contributed by atoms with van der Waals surface area (Å²) in [6.45, 7) is 4.11. The highest BCUT2D eigenvalue weighted by atomic mass is 16.1. The first-order valence-electron chi connectivity index (χ1n) is 8.05. The fourth-order valence-electron chi connectivity index (χ4n) is 3.42. The number of hydrogen-bond acceptors (Lipinski definition) is 3. The highest BCUT2D eigenvalue weighted by molar-refractivity contribution is 5.42. The molecular weight excluding hydrogens is 264 g/mol. The Balaban J connectivity index is 1.65. The highest BCUT2D eigenvalue weighted by Gasteiger charge is 2.26. The molecule has 0 spiro atoms. The molecule has 2 atom stereocenters. The van der Waals surface area contributed by atoms with Crippen molar-refractivity contribution in [3.8, 4) is 0 Å². The van der Waals surface area contributed by atoms with Gasteiger partial charge in [-0.1, -0.05) is 13.3 Å². The van der Waals surface area contributed by atoms with Crippen LogP contribution < -0.4 is 10.9 Å². The Labute approximate surface area is 125 Å². The number of hydrogen-bond donors (Lipinski definition) is 1. The van der Waals surface area contributed by atoms with Gasteiger partial charge >= 0.3 is 0 Å². The third-order valence-corrected chi connectivity index (χ3v) is 4.59. The zero-order valence-electron chi connectivity index (χ0n) is 12.7. The van der Waals surface area contributed by atoms with E-state index >= 15 is 0 Å². The van der Waals surface area contributed by atoms with Crippen molar-refractivity contribution in [2.24, 2.45) is 5.92 Å². The molecule has 0 saturated heterocycles. The van der Waals surface area contributed by atoms with E-state index in [0.717, 1.165) is 19.5 Å². The van der Waals surface area contributed by atoms with Gasteiger partial charge in [0.05, 0.1) is 6.20 Å². The molecule has 0 radical (unpaired) electrons. The molecule has 0 bridgehead atoms. The fourth-order valence-corrected chi connectivity index (χ4v) is 3.42. The van der Waals surface area contributed by atoms with Crippen LogP contribution in [-0.2, 0) is 6.54 Å². The summed E-state index contributed by atoms with van der Waals surface area (Å²) in [5.41, 5.74) is 0.718. The molecular formula is C16H24N4O. The molecule has 5 heteroatoms. The van der Waals surface area contributed by atoms with Crippen molar-refractivity contribution in [3.63, 3.8) is 0 Å². The van der Waals surface area contributed by atoms with Crippen LogP contribution in [0, 0.1) is 5.92 Å². The fraction of sp³-hybridized carbons (Fsp3) is 0.625. The standard InChI is InChI=1S/C16H24N4O/c1-2-8-17-14-5-3-4-13(14)7-10-19-11-12-20-15(16(19)21)6-9-18-20/h6,9,11-14,17H,2-5,7-8,10H2,1H3. The Hall–Kier alpha value is -1.62. The largest absolute Gasteiger partial charge is 0.314 e. The van der Waals surface area contributed by atoms with Crippen molar-refractivity contribution in [2.45, 2.75) is 51.6 Å². The predicted octanol–water partition coefficient (Wildman–Crippen LogP) is 2.05. The minimum absolute atomic E-state index is 0.0612. The zero-order valence-corrected chi connectivity index (χ0v) is 12.7. The summed E-state index contributed by atoms with van der Waals surface area (Å²) in [6, 6.07) is 2.42. The van der Waals surface area contributed by atoms with E-state index in [-0.39, 0.29) is 5.56 Å². The van der Waals surface area contributed by atoms with Crippen LogP contribution in [0.4, 0.5) is 0 Å². The van der Waals surface area contributed by atoms with E-state index in [1.165, 1.54) is 25.7 Å². The quantitative estimate of drug-likeness (QED) is 0.885. The predicted molar refractivity (Wildman–Crippen MR) is 83.5 cm³/mol. The van der Waals surface area contributed by atoms with Crippen molar-refractivity contribution < 1.29 is 0 Å². The maximum absolute atomic E-state index is 12.3. The average molecular weight is 288 g/mol. The van der Waals surface area contributed by atoms with Crippen LogP contribution in [0.25, 0.3) is 5.52 Å². The van der Waals surface area contributed by atoms with Gasteiger partial charge in [0, 0.05) is 25.0 Å². The molecule has 2 unspecified atom stereocenters. The molecule has 5 nitrogen and oxygen atoms in total. The summed E-state index contributed by atoms with van der Waals surface area (Å²) in [5, 5.41) is 7.75. The van der Waals surface area contributed by atoms with Gasteiger partial charge in [-0.05, 0) is 44.2 Å². The molecule has 1 N–H and O–H groups in total. The van der Waals surface area contributed by atoms with Crippen molar-refractivity contribution in [2.75, 3.05) is 6.54 Å². The summed E-state index contributed by atoms with van der Waals surface area (Å²) in [5.74, 6) is 0.699. The van der Waals surface area contributed by atoms with Crippen molar-refractivity contribution >= 4 is 5.52 Å². The summed E-state index contributed by atoms with van der Waals surface area (Å²) in [4.78, 5) is 12.3. The second-order valence-electron chi connectivity index (χ2n) is 6.00. The minimum Gasteiger partial charge on any atom is -0.314 e. The molecule has 1 saturated carbocycles. The van der Waals surface area contributed by atoms with Gasteiger partial charge in [-0.3, -0.25) is 4.79 Å². The Morgan fingerprint density at radius 3 is 3.14 bits per heavy atom. The number of rotatable bonds is 6. The zero-order chi connectivity index (χ0) is 14.7. The van der Waals surface area contributed by atoms with Gasteiger partial charge in [0.25, 0.3) is 5.56 Å². The van der Waals surface area contributed by atoms with Gasteiger partial charge < -0.3 is 9.88 Å². The lowest BCUT2D eigenvalue weighted by Gasteiger charge is -2.21. The Kier molecular flexibility index (Phi) is 4.39. The Morgan fingerprint density at radius 2 is 2.29 bits per heavy atom. The van der Waals surface area contributed by atoms with Crippen LogP contribution in [-0.4, -0.2) is 26.8 Å². The van der Waals surface area contributed by atoms with Crippen molar-refractivity contribution in [1.82, 2.24) is 19.5 Å². The lowest BCUT2D eigenvalue weighted by atomic mass is 9.99. The van der Waals surface area contributed by atoms with Crippen molar-refractivity contribution in [3.05, 3.63) is 35.0 Å². The number of aromatic nitrogens is 3. The first-order chi connectivity index (χ1) is 10.3. The number of nitrogens with one attached hydrogen (secondary N) is 1. The number of nitrogens with zero attached hydrogens (tertiary/aromatic N) is 3. The Bertz CT molecular complexity index is 645.